The highest BCUT2D eigenvalue weighted by atomic mass is 35.5. The summed E-state index contributed by atoms with van der Waals surface area (Å²) in [5.41, 5.74) is 1.54. The number of rotatable bonds is 5. The molecule has 0 fully saturated rings. The van der Waals surface area contributed by atoms with Crippen LogP contribution >= 0.6 is 22.9 Å². The summed E-state index contributed by atoms with van der Waals surface area (Å²) in [6.45, 7) is 5.23. The van der Waals surface area contributed by atoms with E-state index in [2.05, 4.69) is 5.32 Å². The maximum atomic E-state index is 12.6. The lowest BCUT2D eigenvalue weighted by atomic mass is 10.1. The van der Waals surface area contributed by atoms with Crippen LogP contribution in [0, 0.1) is 13.8 Å². The third-order valence-electron chi connectivity index (χ3n) is 4.28. The fourth-order valence-electron chi connectivity index (χ4n) is 2.82. The second-order valence-corrected chi connectivity index (χ2v) is 7.80. The Balaban J connectivity index is 1.82. The number of anilines is 2. The summed E-state index contributed by atoms with van der Waals surface area (Å²) in [5, 5.41) is 3.57. The number of carbonyl (C=O) groups excluding carboxylic acids is 3. The standard InChI is InChI=1S/C19H19ClN2O5S/c1-4-26-19(25)17-10(2)11(3)28-18(17)21-15(23)8-22-13-7-12(20)5-6-14(13)27-9-16(22)24/h5-7H,4,8-9H2,1-3H3,(H,21,23). The Hall–Kier alpha value is -2.58. The number of hydrogen-bond acceptors (Lipinski definition) is 6. The lowest BCUT2D eigenvalue weighted by molar-refractivity contribution is -0.123. The van der Waals surface area contributed by atoms with Crippen molar-refractivity contribution in [3.05, 3.63) is 39.2 Å². The van der Waals surface area contributed by atoms with Crippen LogP contribution in [0.1, 0.15) is 27.7 Å². The van der Waals surface area contributed by atoms with Gasteiger partial charge in [-0.25, -0.2) is 4.79 Å². The molecule has 0 saturated carbocycles. The zero-order chi connectivity index (χ0) is 20.4. The first kappa shape index (κ1) is 20.2. The zero-order valence-corrected chi connectivity index (χ0v) is 17.2. The molecule has 7 nitrogen and oxygen atoms in total. The topological polar surface area (TPSA) is 84.9 Å². The van der Waals surface area contributed by atoms with Gasteiger partial charge in [0.25, 0.3) is 5.91 Å². The third-order valence-corrected chi connectivity index (χ3v) is 5.64. The Kier molecular flexibility index (Phi) is 5.90. The number of aryl methyl sites for hydroxylation is 1. The predicted molar refractivity (Wildman–Crippen MR) is 108 cm³/mol. The summed E-state index contributed by atoms with van der Waals surface area (Å²) in [6, 6.07) is 4.88. The average molecular weight is 423 g/mol. The Morgan fingerprint density at radius 2 is 2.11 bits per heavy atom. The summed E-state index contributed by atoms with van der Waals surface area (Å²) in [7, 11) is 0. The van der Waals surface area contributed by atoms with Gasteiger partial charge >= 0.3 is 5.97 Å². The van der Waals surface area contributed by atoms with E-state index in [1.165, 1.54) is 16.2 Å². The van der Waals surface area contributed by atoms with E-state index in [-0.39, 0.29) is 25.7 Å². The van der Waals surface area contributed by atoms with Crippen molar-refractivity contribution in [1.29, 1.82) is 0 Å². The molecule has 9 heteroatoms. The molecule has 0 saturated heterocycles. The number of benzene rings is 1. The zero-order valence-electron chi connectivity index (χ0n) is 15.6. The number of hydrogen-bond donors (Lipinski definition) is 1. The minimum absolute atomic E-state index is 0.160. The number of esters is 1. The van der Waals surface area contributed by atoms with Crippen LogP contribution in [0.3, 0.4) is 0 Å². The largest absolute Gasteiger partial charge is 0.482 e. The molecule has 2 aromatic rings. The highest BCUT2D eigenvalue weighted by molar-refractivity contribution is 7.16. The SMILES string of the molecule is CCOC(=O)c1c(NC(=O)CN2C(=O)COc3ccc(Cl)cc32)sc(C)c1C. The third kappa shape index (κ3) is 3.98. The molecule has 28 heavy (non-hydrogen) atoms. The lowest BCUT2D eigenvalue weighted by Gasteiger charge is -2.28. The first-order valence-corrected chi connectivity index (χ1v) is 9.81. The van der Waals surface area contributed by atoms with Crippen molar-refractivity contribution in [3.63, 3.8) is 0 Å². The van der Waals surface area contributed by atoms with Crippen LogP contribution < -0.4 is 15.0 Å². The van der Waals surface area contributed by atoms with E-state index < -0.39 is 11.9 Å². The molecule has 1 aromatic carbocycles. The molecule has 0 unspecified atom stereocenters. The molecule has 3 rings (SSSR count). The van der Waals surface area contributed by atoms with E-state index in [4.69, 9.17) is 21.1 Å². The fourth-order valence-corrected chi connectivity index (χ4v) is 4.05. The predicted octanol–water partition coefficient (Wildman–Crippen LogP) is 3.56. The van der Waals surface area contributed by atoms with Crippen LogP contribution in [0.15, 0.2) is 18.2 Å². The molecular weight excluding hydrogens is 404 g/mol. The van der Waals surface area contributed by atoms with E-state index >= 15 is 0 Å². The van der Waals surface area contributed by atoms with Crippen molar-refractivity contribution >= 4 is 51.4 Å². The lowest BCUT2D eigenvalue weighted by Crippen LogP contribution is -2.43. The van der Waals surface area contributed by atoms with Crippen LogP contribution in [-0.4, -0.2) is 37.5 Å². The number of ether oxygens (including phenoxy) is 2. The fraction of sp³-hybridized carbons (Fsp3) is 0.316. The normalized spacial score (nSPS) is 13.0. The number of amides is 2. The molecule has 0 aliphatic carbocycles. The van der Waals surface area contributed by atoms with E-state index in [1.54, 1.807) is 32.0 Å². The maximum absolute atomic E-state index is 12.6. The van der Waals surface area contributed by atoms with E-state index in [1.807, 2.05) is 6.92 Å². The van der Waals surface area contributed by atoms with Crippen LogP contribution in [0.5, 0.6) is 5.75 Å². The molecule has 0 atom stereocenters. The Morgan fingerprint density at radius 1 is 1.36 bits per heavy atom. The molecule has 1 aromatic heterocycles. The van der Waals surface area contributed by atoms with Gasteiger partial charge in [-0.1, -0.05) is 11.6 Å². The van der Waals surface area contributed by atoms with E-state index in [9.17, 15) is 14.4 Å². The van der Waals surface area contributed by atoms with Crippen molar-refractivity contribution in [2.75, 3.05) is 30.0 Å². The van der Waals surface area contributed by atoms with Crippen molar-refractivity contribution < 1.29 is 23.9 Å². The van der Waals surface area contributed by atoms with E-state index in [0.29, 0.717) is 27.0 Å². The molecule has 0 spiro atoms. The van der Waals surface area contributed by atoms with Gasteiger partial charge in [0.15, 0.2) is 6.61 Å². The van der Waals surface area contributed by atoms with Crippen LogP contribution in [0.4, 0.5) is 10.7 Å². The van der Waals surface area contributed by atoms with Gasteiger partial charge in [0.1, 0.15) is 17.3 Å². The molecule has 1 aliphatic heterocycles. The molecule has 148 valence electrons. The van der Waals surface area contributed by atoms with Crippen molar-refractivity contribution in [1.82, 2.24) is 0 Å². The summed E-state index contributed by atoms with van der Waals surface area (Å²) in [5.74, 6) is -0.798. The highest BCUT2D eigenvalue weighted by Gasteiger charge is 2.29. The second kappa shape index (κ2) is 8.20. The molecule has 2 heterocycles. The average Bonchev–Trinajstić information content (AvgIpc) is 2.91. The van der Waals surface area contributed by atoms with Crippen molar-refractivity contribution in [3.8, 4) is 5.75 Å². The van der Waals surface area contributed by atoms with Gasteiger partial charge in [-0.2, -0.15) is 0 Å². The summed E-state index contributed by atoms with van der Waals surface area (Å²) in [4.78, 5) is 39.4. The second-order valence-electron chi connectivity index (χ2n) is 6.14. The quantitative estimate of drug-likeness (QED) is 0.744. The van der Waals surface area contributed by atoms with Gasteiger partial charge < -0.3 is 14.8 Å². The number of fused-ring (bicyclic) bond motifs is 1. The first-order chi connectivity index (χ1) is 13.3. The molecular formula is C19H19ClN2O5S. The van der Waals surface area contributed by atoms with Crippen molar-refractivity contribution in [2.45, 2.75) is 20.8 Å². The first-order valence-electron chi connectivity index (χ1n) is 8.61. The number of nitrogens with zero attached hydrogens (tertiary/aromatic N) is 1. The summed E-state index contributed by atoms with van der Waals surface area (Å²) < 4.78 is 10.5. The number of thiophene rings is 1. The Labute approximate surface area is 171 Å². The number of nitrogens with one attached hydrogen (secondary N) is 1. The van der Waals surface area contributed by atoms with Gasteiger partial charge in [0.2, 0.25) is 5.91 Å². The van der Waals surface area contributed by atoms with Crippen LogP contribution in [0.25, 0.3) is 0 Å². The van der Waals surface area contributed by atoms with Crippen LogP contribution in [-0.2, 0) is 14.3 Å². The minimum atomic E-state index is -0.487. The minimum Gasteiger partial charge on any atom is -0.482 e. The maximum Gasteiger partial charge on any atom is 0.341 e. The van der Waals surface area contributed by atoms with Gasteiger partial charge in [-0.3, -0.25) is 14.5 Å². The Morgan fingerprint density at radius 3 is 2.82 bits per heavy atom. The number of carbonyl (C=O) groups is 3. The Bertz CT molecular complexity index is 956. The summed E-state index contributed by atoms with van der Waals surface area (Å²) >= 11 is 7.31. The molecule has 1 N–H and O–H groups in total. The van der Waals surface area contributed by atoms with E-state index in [0.717, 1.165) is 10.4 Å². The summed E-state index contributed by atoms with van der Waals surface area (Å²) in [6.07, 6.45) is 0. The van der Waals surface area contributed by atoms with Crippen LogP contribution in [0.2, 0.25) is 5.02 Å². The monoisotopic (exact) mass is 422 g/mol. The van der Waals surface area contributed by atoms with Gasteiger partial charge in [-0.05, 0) is 44.5 Å². The molecule has 1 aliphatic rings. The number of halogens is 1. The smallest absolute Gasteiger partial charge is 0.341 e. The van der Waals surface area contributed by atoms with Gasteiger partial charge in [0, 0.05) is 9.90 Å². The van der Waals surface area contributed by atoms with Gasteiger partial charge in [0.05, 0.1) is 17.9 Å². The molecule has 0 bridgehead atoms. The van der Waals surface area contributed by atoms with Gasteiger partial charge in [-0.15, -0.1) is 11.3 Å². The molecule has 2 amide bonds. The highest BCUT2D eigenvalue weighted by Crippen LogP contribution is 2.35. The van der Waals surface area contributed by atoms with Crippen molar-refractivity contribution in [2.24, 2.45) is 0 Å². The molecule has 0 radical (unpaired) electrons.